The molecule has 0 saturated heterocycles. The van der Waals surface area contributed by atoms with Crippen LogP contribution >= 0.6 is 0 Å². The molecule has 1 atom stereocenters. The zero-order valence-electron chi connectivity index (χ0n) is 10.2. The summed E-state index contributed by atoms with van der Waals surface area (Å²) in [4.78, 5) is 0. The monoisotopic (exact) mass is 219 g/mol. The van der Waals surface area contributed by atoms with E-state index in [0.717, 1.165) is 18.7 Å². The highest BCUT2D eigenvalue weighted by Gasteiger charge is 2.03. The van der Waals surface area contributed by atoms with Crippen LogP contribution in [0.25, 0.3) is 0 Å². The van der Waals surface area contributed by atoms with Crippen LogP contribution in [0.3, 0.4) is 0 Å². The molecule has 1 aromatic rings. The van der Waals surface area contributed by atoms with E-state index >= 15 is 0 Å². The van der Waals surface area contributed by atoms with Gasteiger partial charge in [-0.15, -0.1) is 0 Å². The van der Waals surface area contributed by atoms with E-state index in [2.05, 4.69) is 31.8 Å². The van der Waals surface area contributed by atoms with E-state index in [-0.39, 0.29) is 0 Å². The van der Waals surface area contributed by atoms with Crippen molar-refractivity contribution in [3.63, 3.8) is 0 Å². The van der Waals surface area contributed by atoms with Crippen LogP contribution in [-0.4, -0.2) is 12.6 Å². The Labute approximate surface area is 98.3 Å². The Morgan fingerprint density at radius 2 is 2.19 bits per heavy atom. The zero-order valence-corrected chi connectivity index (χ0v) is 10.2. The van der Waals surface area contributed by atoms with Gasteiger partial charge < -0.3 is 10.1 Å². The summed E-state index contributed by atoms with van der Waals surface area (Å²) in [6, 6.07) is 8.65. The number of hydrogen-bond donors (Lipinski definition) is 1. The predicted octanol–water partition coefficient (Wildman–Crippen LogP) is 3.14. The molecule has 1 rings (SSSR count). The Morgan fingerprint density at radius 1 is 1.44 bits per heavy atom. The fourth-order valence-corrected chi connectivity index (χ4v) is 1.37. The van der Waals surface area contributed by atoms with Crippen LogP contribution in [0, 0.1) is 0 Å². The van der Waals surface area contributed by atoms with Crippen LogP contribution in [0.5, 0.6) is 5.75 Å². The lowest BCUT2D eigenvalue weighted by molar-refractivity contribution is 0.356. The van der Waals surface area contributed by atoms with Crippen LogP contribution < -0.4 is 10.1 Å². The number of ether oxygens (including phenoxy) is 1. The van der Waals surface area contributed by atoms with Gasteiger partial charge in [-0.25, -0.2) is 0 Å². The molecule has 0 fully saturated rings. The van der Waals surface area contributed by atoms with E-state index in [0.29, 0.717) is 12.6 Å². The standard InChI is InChI=1S/C14H21NO/c1-4-10-16-14-9-7-6-8-13(14)11-15-12(3)5-2/h4,6-9,12,15H,1,5,10-11H2,2-3H3/t12-/m1/s1. The first-order valence-electron chi connectivity index (χ1n) is 5.83. The molecule has 0 aliphatic carbocycles. The summed E-state index contributed by atoms with van der Waals surface area (Å²) in [5, 5.41) is 3.46. The first kappa shape index (κ1) is 12.8. The van der Waals surface area contributed by atoms with Gasteiger partial charge in [-0.1, -0.05) is 37.8 Å². The minimum absolute atomic E-state index is 0.535. The third-order valence-electron chi connectivity index (χ3n) is 2.58. The minimum Gasteiger partial charge on any atom is -0.489 e. The first-order chi connectivity index (χ1) is 7.77. The number of hydrogen-bond acceptors (Lipinski definition) is 2. The van der Waals surface area contributed by atoms with Gasteiger partial charge in [0.15, 0.2) is 0 Å². The van der Waals surface area contributed by atoms with E-state index in [9.17, 15) is 0 Å². The average Bonchev–Trinajstić information content (AvgIpc) is 2.34. The third-order valence-corrected chi connectivity index (χ3v) is 2.58. The number of para-hydroxylation sites is 1. The van der Waals surface area contributed by atoms with Crippen molar-refractivity contribution < 1.29 is 4.74 Å². The summed E-state index contributed by atoms with van der Waals surface area (Å²) in [7, 11) is 0. The van der Waals surface area contributed by atoms with Crippen molar-refractivity contribution in [1.82, 2.24) is 5.32 Å². The van der Waals surface area contributed by atoms with Gasteiger partial charge in [0.05, 0.1) is 0 Å². The molecule has 0 amide bonds. The second-order valence-corrected chi connectivity index (χ2v) is 3.90. The highest BCUT2D eigenvalue weighted by Crippen LogP contribution is 2.17. The molecule has 1 aromatic carbocycles. The molecule has 0 saturated carbocycles. The van der Waals surface area contributed by atoms with Crippen LogP contribution in [0.15, 0.2) is 36.9 Å². The maximum absolute atomic E-state index is 5.59. The van der Waals surface area contributed by atoms with Crippen molar-refractivity contribution in [1.29, 1.82) is 0 Å². The molecule has 0 unspecified atom stereocenters. The van der Waals surface area contributed by atoms with E-state index in [1.165, 1.54) is 5.56 Å². The van der Waals surface area contributed by atoms with Crippen LogP contribution in [0.4, 0.5) is 0 Å². The van der Waals surface area contributed by atoms with Gasteiger partial charge in [0.2, 0.25) is 0 Å². The van der Waals surface area contributed by atoms with Crippen LogP contribution in [0.1, 0.15) is 25.8 Å². The van der Waals surface area contributed by atoms with Gasteiger partial charge in [-0.2, -0.15) is 0 Å². The largest absolute Gasteiger partial charge is 0.489 e. The molecule has 0 radical (unpaired) electrons. The Balaban J connectivity index is 2.59. The number of rotatable bonds is 7. The normalized spacial score (nSPS) is 12.1. The molecular weight excluding hydrogens is 198 g/mol. The summed E-state index contributed by atoms with van der Waals surface area (Å²) >= 11 is 0. The summed E-state index contributed by atoms with van der Waals surface area (Å²) in [6.07, 6.45) is 2.90. The smallest absolute Gasteiger partial charge is 0.124 e. The lowest BCUT2D eigenvalue weighted by atomic mass is 10.2. The highest BCUT2D eigenvalue weighted by atomic mass is 16.5. The Kier molecular flexibility index (Phi) is 5.65. The van der Waals surface area contributed by atoms with Gasteiger partial charge in [0.25, 0.3) is 0 Å². The first-order valence-corrected chi connectivity index (χ1v) is 5.83. The highest BCUT2D eigenvalue weighted by molar-refractivity contribution is 5.33. The lowest BCUT2D eigenvalue weighted by Gasteiger charge is -2.14. The van der Waals surface area contributed by atoms with E-state index < -0.39 is 0 Å². The van der Waals surface area contributed by atoms with E-state index in [1.807, 2.05) is 18.2 Å². The van der Waals surface area contributed by atoms with Crippen LogP contribution in [-0.2, 0) is 6.54 Å². The summed E-state index contributed by atoms with van der Waals surface area (Å²) in [5.74, 6) is 0.943. The SMILES string of the molecule is C=CCOc1ccccc1CN[C@H](C)CC. The fourth-order valence-electron chi connectivity index (χ4n) is 1.37. The molecule has 0 heterocycles. The van der Waals surface area contributed by atoms with Crippen molar-refractivity contribution in [2.45, 2.75) is 32.9 Å². The van der Waals surface area contributed by atoms with Crippen molar-refractivity contribution in [2.75, 3.05) is 6.61 Å². The van der Waals surface area contributed by atoms with Crippen LogP contribution in [0.2, 0.25) is 0 Å². The second-order valence-electron chi connectivity index (χ2n) is 3.90. The van der Waals surface area contributed by atoms with E-state index in [4.69, 9.17) is 4.74 Å². The Bertz CT molecular complexity index is 322. The summed E-state index contributed by atoms with van der Waals surface area (Å²) < 4.78 is 5.59. The Hall–Kier alpha value is -1.28. The quantitative estimate of drug-likeness (QED) is 0.711. The minimum atomic E-state index is 0.535. The van der Waals surface area contributed by atoms with Gasteiger partial charge in [0, 0.05) is 18.2 Å². The molecule has 1 N–H and O–H groups in total. The molecule has 2 nitrogen and oxygen atoms in total. The van der Waals surface area contributed by atoms with Crippen molar-refractivity contribution in [2.24, 2.45) is 0 Å². The van der Waals surface area contributed by atoms with Gasteiger partial charge in [0.1, 0.15) is 12.4 Å². The topological polar surface area (TPSA) is 21.3 Å². The molecule has 0 spiro atoms. The maximum atomic E-state index is 5.59. The number of nitrogens with one attached hydrogen (secondary N) is 1. The van der Waals surface area contributed by atoms with Crippen molar-refractivity contribution in [3.05, 3.63) is 42.5 Å². The molecule has 0 aliphatic rings. The average molecular weight is 219 g/mol. The Morgan fingerprint density at radius 3 is 2.88 bits per heavy atom. The zero-order chi connectivity index (χ0) is 11.8. The van der Waals surface area contributed by atoms with Gasteiger partial charge in [-0.3, -0.25) is 0 Å². The molecule has 0 bridgehead atoms. The summed E-state index contributed by atoms with van der Waals surface area (Å²) in [6.45, 7) is 9.42. The van der Waals surface area contributed by atoms with Gasteiger partial charge in [-0.05, 0) is 19.4 Å². The molecular formula is C14H21NO. The maximum Gasteiger partial charge on any atom is 0.124 e. The van der Waals surface area contributed by atoms with Gasteiger partial charge >= 0.3 is 0 Å². The van der Waals surface area contributed by atoms with Crippen molar-refractivity contribution in [3.8, 4) is 5.75 Å². The third kappa shape index (κ3) is 4.07. The van der Waals surface area contributed by atoms with E-state index in [1.54, 1.807) is 6.08 Å². The molecule has 16 heavy (non-hydrogen) atoms. The molecule has 88 valence electrons. The second kappa shape index (κ2) is 7.07. The van der Waals surface area contributed by atoms with Crippen molar-refractivity contribution >= 4 is 0 Å². The lowest BCUT2D eigenvalue weighted by Crippen LogP contribution is -2.24. The molecule has 0 aromatic heterocycles. The predicted molar refractivity (Wildman–Crippen MR) is 68.7 cm³/mol. The summed E-state index contributed by atoms with van der Waals surface area (Å²) in [5.41, 5.74) is 1.20. The molecule has 0 aliphatic heterocycles. The number of benzene rings is 1. The molecule has 2 heteroatoms. The fraction of sp³-hybridized carbons (Fsp3) is 0.429.